The zero-order valence-electron chi connectivity index (χ0n) is 12.2. The molecule has 3 aromatic rings. The molecule has 0 bridgehead atoms. The SMILES string of the molecule is O=C(N[C@H](Cc1ccsc1)c1ccccn1)c1ccc(=O)[nH]c1. The first-order valence-corrected chi connectivity index (χ1v) is 8.08. The summed E-state index contributed by atoms with van der Waals surface area (Å²) in [7, 11) is 0. The molecule has 0 aliphatic heterocycles. The average molecular weight is 325 g/mol. The van der Waals surface area contributed by atoms with Crippen LogP contribution in [0.3, 0.4) is 0 Å². The van der Waals surface area contributed by atoms with Gasteiger partial charge in [-0.15, -0.1) is 0 Å². The van der Waals surface area contributed by atoms with Crippen molar-refractivity contribution in [1.29, 1.82) is 0 Å². The first kappa shape index (κ1) is 15.2. The highest BCUT2D eigenvalue weighted by Gasteiger charge is 2.17. The lowest BCUT2D eigenvalue weighted by molar-refractivity contribution is 0.0935. The molecule has 0 unspecified atom stereocenters. The summed E-state index contributed by atoms with van der Waals surface area (Å²) in [5, 5.41) is 7.05. The minimum absolute atomic E-state index is 0.231. The fraction of sp³-hybridized carbons (Fsp3) is 0.118. The molecule has 0 aromatic carbocycles. The van der Waals surface area contributed by atoms with E-state index in [0.717, 1.165) is 11.3 Å². The van der Waals surface area contributed by atoms with Gasteiger partial charge in [0.1, 0.15) is 0 Å². The van der Waals surface area contributed by atoms with Gasteiger partial charge in [0, 0.05) is 18.5 Å². The summed E-state index contributed by atoms with van der Waals surface area (Å²) >= 11 is 1.62. The lowest BCUT2D eigenvalue weighted by Crippen LogP contribution is -2.30. The highest BCUT2D eigenvalue weighted by atomic mass is 32.1. The maximum Gasteiger partial charge on any atom is 0.253 e. The third-order valence-electron chi connectivity index (χ3n) is 3.42. The second-order valence-electron chi connectivity index (χ2n) is 5.06. The van der Waals surface area contributed by atoms with Crippen molar-refractivity contribution in [2.24, 2.45) is 0 Å². The van der Waals surface area contributed by atoms with E-state index in [1.807, 2.05) is 29.6 Å². The van der Waals surface area contributed by atoms with Crippen LogP contribution >= 0.6 is 11.3 Å². The van der Waals surface area contributed by atoms with Crippen molar-refractivity contribution in [3.05, 3.63) is 86.7 Å². The van der Waals surface area contributed by atoms with Crippen LogP contribution in [0.15, 0.2) is 64.3 Å². The van der Waals surface area contributed by atoms with Crippen molar-refractivity contribution in [3.8, 4) is 0 Å². The molecule has 0 radical (unpaired) electrons. The third kappa shape index (κ3) is 3.92. The molecule has 0 spiro atoms. The van der Waals surface area contributed by atoms with Crippen LogP contribution in [0.2, 0.25) is 0 Å². The summed E-state index contributed by atoms with van der Waals surface area (Å²) in [5.74, 6) is -0.243. The van der Waals surface area contributed by atoms with Crippen LogP contribution in [0, 0.1) is 0 Å². The van der Waals surface area contributed by atoms with E-state index in [1.54, 1.807) is 17.5 Å². The molecule has 0 fully saturated rings. The Morgan fingerprint density at radius 3 is 2.83 bits per heavy atom. The Bertz CT molecular complexity index is 808. The predicted molar refractivity (Wildman–Crippen MR) is 89.5 cm³/mol. The van der Waals surface area contributed by atoms with Crippen molar-refractivity contribution in [3.63, 3.8) is 0 Å². The summed E-state index contributed by atoms with van der Waals surface area (Å²) in [5.41, 5.74) is 2.13. The average Bonchev–Trinajstić information content (AvgIpc) is 3.09. The van der Waals surface area contributed by atoms with E-state index >= 15 is 0 Å². The number of nitrogens with zero attached hydrogens (tertiary/aromatic N) is 1. The number of H-pyrrole nitrogens is 1. The van der Waals surface area contributed by atoms with Gasteiger partial charge in [0.2, 0.25) is 5.56 Å². The number of nitrogens with one attached hydrogen (secondary N) is 2. The molecule has 116 valence electrons. The molecule has 5 nitrogen and oxygen atoms in total. The van der Waals surface area contributed by atoms with Gasteiger partial charge in [-0.05, 0) is 47.0 Å². The molecular formula is C17H15N3O2S. The number of amides is 1. The smallest absolute Gasteiger partial charge is 0.253 e. The Kier molecular flexibility index (Phi) is 4.63. The van der Waals surface area contributed by atoms with Crippen molar-refractivity contribution in [1.82, 2.24) is 15.3 Å². The lowest BCUT2D eigenvalue weighted by atomic mass is 10.0. The number of carbonyl (C=O) groups is 1. The summed E-state index contributed by atoms with van der Waals surface area (Å²) in [4.78, 5) is 30.4. The maximum absolute atomic E-state index is 12.4. The van der Waals surface area contributed by atoms with Crippen LogP contribution in [0.1, 0.15) is 27.7 Å². The Morgan fingerprint density at radius 1 is 1.26 bits per heavy atom. The molecule has 0 aliphatic carbocycles. The number of carbonyl (C=O) groups excluding carboxylic acids is 1. The summed E-state index contributed by atoms with van der Waals surface area (Å²) in [6, 6.07) is 10.3. The molecule has 3 heterocycles. The highest BCUT2D eigenvalue weighted by molar-refractivity contribution is 7.07. The van der Waals surface area contributed by atoms with Crippen molar-refractivity contribution < 1.29 is 4.79 Å². The van der Waals surface area contributed by atoms with Crippen molar-refractivity contribution in [2.45, 2.75) is 12.5 Å². The Balaban J connectivity index is 1.82. The van der Waals surface area contributed by atoms with Crippen LogP contribution in [0.25, 0.3) is 0 Å². The minimum atomic E-state index is -0.243. The van der Waals surface area contributed by atoms with Crippen LogP contribution < -0.4 is 10.9 Å². The van der Waals surface area contributed by atoms with Gasteiger partial charge < -0.3 is 10.3 Å². The van der Waals surface area contributed by atoms with Gasteiger partial charge in [0.05, 0.1) is 17.3 Å². The zero-order chi connectivity index (χ0) is 16.1. The monoisotopic (exact) mass is 325 g/mol. The van der Waals surface area contributed by atoms with Crippen LogP contribution in [0.4, 0.5) is 0 Å². The van der Waals surface area contributed by atoms with Gasteiger partial charge in [-0.25, -0.2) is 0 Å². The van der Waals surface area contributed by atoms with Crippen LogP contribution in [-0.2, 0) is 6.42 Å². The molecular weight excluding hydrogens is 310 g/mol. The number of pyridine rings is 2. The minimum Gasteiger partial charge on any atom is -0.343 e. The van der Waals surface area contributed by atoms with Gasteiger partial charge >= 0.3 is 0 Å². The van der Waals surface area contributed by atoms with Gasteiger partial charge in [0.25, 0.3) is 5.91 Å². The maximum atomic E-state index is 12.4. The number of hydrogen-bond donors (Lipinski definition) is 2. The molecule has 3 aromatic heterocycles. The molecule has 0 aliphatic rings. The second kappa shape index (κ2) is 7.02. The number of hydrogen-bond acceptors (Lipinski definition) is 4. The van der Waals surface area contributed by atoms with E-state index in [1.165, 1.54) is 18.3 Å². The molecule has 0 saturated carbocycles. The van der Waals surface area contributed by atoms with Gasteiger partial charge in [-0.3, -0.25) is 14.6 Å². The Morgan fingerprint density at radius 2 is 2.17 bits per heavy atom. The summed E-state index contributed by atoms with van der Waals surface area (Å²) in [6.45, 7) is 0. The largest absolute Gasteiger partial charge is 0.343 e. The molecule has 6 heteroatoms. The quantitative estimate of drug-likeness (QED) is 0.757. The molecule has 1 atom stereocenters. The van der Waals surface area contributed by atoms with E-state index in [2.05, 4.69) is 20.7 Å². The molecule has 2 N–H and O–H groups in total. The molecule has 23 heavy (non-hydrogen) atoms. The number of thiophene rings is 1. The fourth-order valence-corrected chi connectivity index (χ4v) is 2.93. The first-order valence-electron chi connectivity index (χ1n) is 7.14. The molecule has 1 amide bonds. The van der Waals surface area contributed by atoms with Gasteiger partial charge in [0.15, 0.2) is 0 Å². The zero-order valence-corrected chi connectivity index (χ0v) is 13.0. The van der Waals surface area contributed by atoms with Crippen molar-refractivity contribution >= 4 is 17.2 Å². The van der Waals surface area contributed by atoms with Crippen LogP contribution in [0.5, 0.6) is 0 Å². The summed E-state index contributed by atoms with van der Waals surface area (Å²) < 4.78 is 0. The normalized spacial score (nSPS) is 11.8. The number of rotatable bonds is 5. The van der Waals surface area contributed by atoms with E-state index in [9.17, 15) is 9.59 Å². The van der Waals surface area contributed by atoms with E-state index in [4.69, 9.17) is 0 Å². The third-order valence-corrected chi connectivity index (χ3v) is 4.15. The first-order chi connectivity index (χ1) is 11.2. The number of aromatic nitrogens is 2. The second-order valence-corrected chi connectivity index (χ2v) is 5.84. The summed E-state index contributed by atoms with van der Waals surface area (Å²) in [6.07, 6.45) is 3.79. The lowest BCUT2D eigenvalue weighted by Gasteiger charge is -2.18. The van der Waals surface area contributed by atoms with E-state index in [0.29, 0.717) is 12.0 Å². The Hall–Kier alpha value is -2.73. The topological polar surface area (TPSA) is 74.8 Å². The predicted octanol–water partition coefficient (Wildman–Crippen LogP) is 2.55. The highest BCUT2D eigenvalue weighted by Crippen LogP contribution is 2.19. The standard InChI is InChI=1S/C17H15N3O2S/c21-16-5-4-13(10-19-16)17(22)20-15(9-12-6-8-23-11-12)14-3-1-2-7-18-14/h1-8,10-11,15H,9H2,(H,19,21)(H,20,22)/t15-/m1/s1. The van der Waals surface area contributed by atoms with Gasteiger partial charge in [-0.1, -0.05) is 6.07 Å². The molecule has 3 rings (SSSR count). The number of aromatic amines is 1. The van der Waals surface area contributed by atoms with Gasteiger partial charge in [-0.2, -0.15) is 11.3 Å². The molecule has 0 saturated heterocycles. The van der Waals surface area contributed by atoms with Crippen molar-refractivity contribution in [2.75, 3.05) is 0 Å². The van der Waals surface area contributed by atoms with E-state index < -0.39 is 0 Å². The van der Waals surface area contributed by atoms with E-state index in [-0.39, 0.29) is 17.5 Å². The van der Waals surface area contributed by atoms with Crippen LogP contribution in [-0.4, -0.2) is 15.9 Å². The fourth-order valence-electron chi connectivity index (χ4n) is 2.25. The Labute approximate surface area is 137 Å².